The molecule has 0 unspecified atom stereocenters. The molecule has 0 N–H and O–H groups in total. The number of hydrogen-bond donors (Lipinski definition) is 0. The summed E-state index contributed by atoms with van der Waals surface area (Å²) in [7, 11) is 0. The number of hydrogen-bond acceptors (Lipinski definition) is 1. The summed E-state index contributed by atoms with van der Waals surface area (Å²) in [6, 6.07) is 95.4. The van der Waals surface area contributed by atoms with Crippen molar-refractivity contribution >= 4 is 38.9 Å². The minimum Gasteiger partial charge on any atom is -0.310 e. The summed E-state index contributed by atoms with van der Waals surface area (Å²) in [4.78, 5) is 2.50. The fraction of sp³-hybridized carbons (Fsp3) is 0.0571. The monoisotopic (exact) mass is 916 g/mol. The van der Waals surface area contributed by atoms with Gasteiger partial charge in [0, 0.05) is 38.8 Å². The first kappa shape index (κ1) is 40.9. The van der Waals surface area contributed by atoms with Crippen molar-refractivity contribution in [1.29, 1.82) is 0 Å². The molecule has 338 valence electrons. The Bertz CT molecular complexity index is 4130. The molecule has 0 radical (unpaired) electrons. The predicted molar refractivity (Wildman–Crippen MR) is 300 cm³/mol. The molecule has 0 saturated heterocycles. The predicted octanol–water partition coefficient (Wildman–Crippen LogP) is 18.2. The van der Waals surface area contributed by atoms with Crippen LogP contribution in [-0.4, -0.2) is 4.57 Å². The van der Waals surface area contributed by atoms with E-state index in [0.29, 0.717) is 0 Å². The van der Waals surface area contributed by atoms with Gasteiger partial charge in [-0.15, -0.1) is 0 Å². The third-order valence-electron chi connectivity index (χ3n) is 16.4. The zero-order valence-electron chi connectivity index (χ0n) is 40.1. The average Bonchev–Trinajstić information content (AvgIpc) is 4.11. The van der Waals surface area contributed by atoms with E-state index in [0.717, 1.165) is 17.1 Å². The molecule has 72 heavy (non-hydrogen) atoms. The van der Waals surface area contributed by atoms with Gasteiger partial charge < -0.3 is 9.47 Å². The van der Waals surface area contributed by atoms with Gasteiger partial charge in [0.2, 0.25) is 0 Å². The summed E-state index contributed by atoms with van der Waals surface area (Å²) in [6.45, 7) is 4.76. The summed E-state index contributed by atoms with van der Waals surface area (Å²) in [5.41, 5.74) is 26.8. The van der Waals surface area contributed by atoms with Gasteiger partial charge in [0.05, 0.1) is 22.1 Å². The van der Waals surface area contributed by atoms with Gasteiger partial charge >= 0.3 is 0 Å². The first-order chi connectivity index (χ1) is 35.5. The van der Waals surface area contributed by atoms with Crippen LogP contribution in [0.5, 0.6) is 0 Å². The zero-order chi connectivity index (χ0) is 47.7. The average molecular weight is 917 g/mol. The lowest BCUT2D eigenvalue weighted by Gasteiger charge is -2.32. The SMILES string of the molecule is CC1(C)c2ccccc2-c2ccc(N(c3ccc(-c4ccccc4)cc3)c3ccc4c(c3)C3(c5ccccc5-c5ccccc53)c3cccc(-n5c6ccccc6c6cc(-c7ccccc7)ccc65)c3-4)cc21. The molecule has 0 fully saturated rings. The van der Waals surface area contributed by atoms with Crippen LogP contribution in [0.15, 0.2) is 255 Å². The Labute approximate surface area is 420 Å². The zero-order valence-corrected chi connectivity index (χ0v) is 40.1. The fourth-order valence-electron chi connectivity index (χ4n) is 13.2. The Morgan fingerprint density at radius 2 is 0.792 bits per heavy atom. The summed E-state index contributed by atoms with van der Waals surface area (Å²) in [5, 5.41) is 2.50. The molecule has 3 aliphatic carbocycles. The summed E-state index contributed by atoms with van der Waals surface area (Å²) >= 11 is 0. The molecule has 0 aliphatic heterocycles. The van der Waals surface area contributed by atoms with Crippen LogP contribution in [0.4, 0.5) is 17.1 Å². The number of aromatic nitrogens is 1. The second kappa shape index (κ2) is 15.3. The van der Waals surface area contributed by atoms with Gasteiger partial charge in [-0.05, 0) is 144 Å². The lowest BCUT2D eigenvalue weighted by atomic mass is 9.70. The van der Waals surface area contributed by atoms with E-state index in [4.69, 9.17) is 0 Å². The Morgan fingerprint density at radius 1 is 0.306 bits per heavy atom. The molecule has 2 heteroatoms. The van der Waals surface area contributed by atoms with E-state index in [1.807, 2.05) is 0 Å². The highest BCUT2D eigenvalue weighted by Crippen LogP contribution is 2.64. The first-order valence-electron chi connectivity index (χ1n) is 25.3. The van der Waals surface area contributed by atoms with Gasteiger partial charge in [-0.25, -0.2) is 0 Å². The minimum atomic E-state index is -0.576. The Balaban J connectivity index is 0.995. The normalized spacial score (nSPS) is 13.9. The third-order valence-corrected chi connectivity index (χ3v) is 16.4. The van der Waals surface area contributed by atoms with Crippen LogP contribution in [0.2, 0.25) is 0 Å². The molecule has 12 aromatic rings. The number of rotatable bonds is 6. The van der Waals surface area contributed by atoms with E-state index in [1.165, 1.54) is 117 Å². The highest BCUT2D eigenvalue weighted by molar-refractivity contribution is 6.12. The summed E-state index contributed by atoms with van der Waals surface area (Å²) < 4.78 is 2.53. The largest absolute Gasteiger partial charge is 0.310 e. The van der Waals surface area contributed by atoms with Crippen LogP contribution in [-0.2, 0) is 10.8 Å². The molecule has 1 aromatic heterocycles. The second-order valence-corrected chi connectivity index (χ2v) is 20.4. The van der Waals surface area contributed by atoms with Crippen LogP contribution in [0.1, 0.15) is 47.2 Å². The molecule has 0 bridgehead atoms. The molecule has 0 amide bonds. The molecule has 11 aromatic carbocycles. The number of anilines is 3. The van der Waals surface area contributed by atoms with Crippen molar-refractivity contribution in [2.75, 3.05) is 4.90 Å². The number of para-hydroxylation sites is 1. The van der Waals surface area contributed by atoms with Crippen LogP contribution in [0.25, 0.3) is 83.1 Å². The van der Waals surface area contributed by atoms with Crippen molar-refractivity contribution in [2.24, 2.45) is 0 Å². The van der Waals surface area contributed by atoms with E-state index in [2.05, 4.69) is 278 Å². The number of benzene rings is 11. The number of fused-ring (bicyclic) bond motifs is 16. The topological polar surface area (TPSA) is 8.17 Å². The van der Waals surface area contributed by atoms with Gasteiger partial charge in [0.25, 0.3) is 0 Å². The molecule has 2 nitrogen and oxygen atoms in total. The fourth-order valence-corrected chi connectivity index (χ4v) is 13.2. The number of nitrogens with zero attached hydrogens (tertiary/aromatic N) is 2. The molecular formula is C70H48N2. The van der Waals surface area contributed by atoms with Gasteiger partial charge in [-0.1, -0.05) is 208 Å². The molecule has 15 rings (SSSR count). The lowest BCUT2D eigenvalue weighted by Crippen LogP contribution is -2.26. The Kier molecular flexibility index (Phi) is 8.66. The molecular weight excluding hydrogens is 869 g/mol. The second-order valence-electron chi connectivity index (χ2n) is 20.4. The highest BCUT2D eigenvalue weighted by Gasteiger charge is 2.52. The summed E-state index contributed by atoms with van der Waals surface area (Å²) in [6.07, 6.45) is 0. The van der Waals surface area contributed by atoms with Gasteiger partial charge in [0.15, 0.2) is 0 Å². The maximum Gasteiger partial charge on any atom is 0.0727 e. The van der Waals surface area contributed by atoms with E-state index in [1.54, 1.807) is 0 Å². The van der Waals surface area contributed by atoms with Gasteiger partial charge in [-0.2, -0.15) is 0 Å². The van der Waals surface area contributed by atoms with E-state index >= 15 is 0 Å². The van der Waals surface area contributed by atoms with E-state index in [9.17, 15) is 0 Å². The van der Waals surface area contributed by atoms with Crippen molar-refractivity contribution in [2.45, 2.75) is 24.7 Å². The van der Waals surface area contributed by atoms with Crippen LogP contribution >= 0.6 is 0 Å². The minimum absolute atomic E-state index is 0.155. The maximum absolute atomic E-state index is 2.54. The standard InChI is InChI=1S/C70H48N2/c1-69(2)59-26-13-9-22-52(59)55-39-37-50(43-63(55)69)71(49-35-32-47(33-36-49)45-18-5-3-6-19-45)51-38-40-57-64(44-51)70(60-27-14-10-23-53(60)54-24-11-15-28-61(54)70)62-29-17-31-67(68(57)62)72-65-30-16-12-25-56(65)58-42-48(34-41-66(58)72)46-20-7-4-8-21-46/h3-44H,1-2H3. The molecule has 3 aliphatic rings. The van der Waals surface area contributed by atoms with E-state index in [-0.39, 0.29) is 5.41 Å². The molecule has 0 saturated carbocycles. The third kappa shape index (κ3) is 5.61. The summed E-state index contributed by atoms with van der Waals surface area (Å²) in [5.74, 6) is 0. The van der Waals surface area contributed by atoms with Crippen molar-refractivity contribution in [3.05, 3.63) is 288 Å². The van der Waals surface area contributed by atoms with Gasteiger partial charge in [-0.3, -0.25) is 0 Å². The van der Waals surface area contributed by atoms with Crippen LogP contribution < -0.4 is 4.90 Å². The maximum atomic E-state index is 2.54. The highest BCUT2D eigenvalue weighted by atomic mass is 15.1. The van der Waals surface area contributed by atoms with Crippen molar-refractivity contribution in [3.63, 3.8) is 0 Å². The molecule has 1 spiro atoms. The van der Waals surface area contributed by atoms with Crippen LogP contribution in [0.3, 0.4) is 0 Å². The van der Waals surface area contributed by atoms with E-state index < -0.39 is 5.41 Å². The molecule has 0 atom stereocenters. The smallest absolute Gasteiger partial charge is 0.0727 e. The quantitative estimate of drug-likeness (QED) is 0.161. The first-order valence-corrected chi connectivity index (χ1v) is 25.3. The van der Waals surface area contributed by atoms with Crippen LogP contribution in [0, 0.1) is 0 Å². The van der Waals surface area contributed by atoms with Crippen molar-refractivity contribution in [3.8, 4) is 61.3 Å². The Hall–Kier alpha value is -8.98. The lowest BCUT2D eigenvalue weighted by molar-refractivity contribution is 0.660. The Morgan fingerprint density at radius 3 is 1.49 bits per heavy atom. The van der Waals surface area contributed by atoms with Crippen molar-refractivity contribution in [1.82, 2.24) is 4.57 Å². The van der Waals surface area contributed by atoms with Crippen molar-refractivity contribution < 1.29 is 0 Å². The van der Waals surface area contributed by atoms with Gasteiger partial charge in [0.1, 0.15) is 0 Å². The molecule has 1 heterocycles.